The van der Waals surface area contributed by atoms with Crippen molar-refractivity contribution in [2.75, 3.05) is 19.6 Å². The molecule has 0 bridgehead atoms. The number of fused-ring (bicyclic) bond motifs is 3. The summed E-state index contributed by atoms with van der Waals surface area (Å²) in [6.45, 7) is 6.29. The minimum Gasteiger partial charge on any atom is -0.303 e. The Morgan fingerprint density at radius 2 is 1.36 bits per heavy atom. The van der Waals surface area contributed by atoms with E-state index < -0.39 is 52.5 Å². The molecule has 0 N–H and O–H groups in total. The maximum Gasteiger partial charge on any atom is 0.501 e. The van der Waals surface area contributed by atoms with Crippen LogP contribution in [0.15, 0.2) is 46.2 Å². The van der Waals surface area contributed by atoms with Crippen molar-refractivity contribution in [1.82, 2.24) is 4.90 Å². The summed E-state index contributed by atoms with van der Waals surface area (Å²) >= 11 is 0. The Morgan fingerprint density at radius 1 is 0.778 bits per heavy atom. The second kappa shape index (κ2) is 10.3. The Hall–Kier alpha value is -2.12. The van der Waals surface area contributed by atoms with Crippen molar-refractivity contribution in [3.8, 4) is 11.1 Å². The number of rotatable bonds is 4. The van der Waals surface area contributed by atoms with Crippen molar-refractivity contribution in [2.24, 2.45) is 0 Å². The Morgan fingerprint density at radius 3 is 1.92 bits per heavy atom. The van der Waals surface area contributed by atoms with Crippen molar-refractivity contribution >= 4 is 19.7 Å². The molecule has 36 heavy (non-hydrogen) atoms. The van der Waals surface area contributed by atoms with Crippen molar-refractivity contribution in [3.63, 3.8) is 0 Å². The molecule has 0 aromatic heterocycles. The van der Waals surface area contributed by atoms with Gasteiger partial charge in [0.15, 0.2) is 0 Å². The van der Waals surface area contributed by atoms with E-state index in [2.05, 4.69) is 11.8 Å². The van der Waals surface area contributed by atoms with Crippen molar-refractivity contribution in [3.05, 3.63) is 47.5 Å². The van der Waals surface area contributed by atoms with Crippen molar-refractivity contribution in [2.45, 2.75) is 59.8 Å². The quantitative estimate of drug-likeness (QED) is 0.384. The molecule has 4 rings (SSSR count). The maximum absolute atomic E-state index is 13.1. The molecule has 0 unspecified atom stereocenters. The first-order valence-electron chi connectivity index (χ1n) is 11.2. The lowest BCUT2D eigenvalue weighted by Crippen LogP contribution is -2.30. The van der Waals surface area contributed by atoms with Crippen molar-refractivity contribution < 1.29 is 43.2 Å². The Balaban J connectivity index is 0.000000338. The highest BCUT2D eigenvalue weighted by molar-refractivity contribution is 7.95. The number of nitrogens with zero attached hydrogens (tertiary/aromatic N) is 1. The van der Waals surface area contributed by atoms with E-state index in [1.54, 1.807) is 0 Å². The zero-order valence-corrected chi connectivity index (χ0v) is 20.9. The highest BCUT2D eigenvalue weighted by atomic mass is 32.2. The Bertz CT molecular complexity index is 1310. The molecule has 0 atom stereocenters. The number of alkyl halides is 6. The molecule has 2 aromatic carbocycles. The van der Waals surface area contributed by atoms with E-state index in [-0.39, 0.29) is 11.6 Å². The number of likely N-dealkylation sites (tertiary alicyclic amines) is 1. The zero-order valence-electron chi connectivity index (χ0n) is 19.3. The van der Waals surface area contributed by atoms with Crippen LogP contribution >= 0.6 is 0 Å². The van der Waals surface area contributed by atoms with Gasteiger partial charge in [-0.05, 0) is 67.2 Å². The summed E-state index contributed by atoms with van der Waals surface area (Å²) in [7, 11) is -12.7. The van der Waals surface area contributed by atoms with Gasteiger partial charge in [0, 0.05) is 6.42 Å². The van der Waals surface area contributed by atoms with E-state index in [9.17, 15) is 43.2 Å². The van der Waals surface area contributed by atoms with Gasteiger partial charge >= 0.3 is 11.0 Å². The SMILES string of the molecule is CCCN1CCCCC1.O=S(=O)(c1ccc2c(c1S(=O)(=O)C(F)(F)F)Cc1ccccc1-2)C(F)(F)F. The van der Waals surface area contributed by atoms with E-state index >= 15 is 0 Å². The topological polar surface area (TPSA) is 71.5 Å². The monoisotopic (exact) mass is 557 g/mol. The summed E-state index contributed by atoms with van der Waals surface area (Å²) in [6.07, 6.45) is 5.19. The third kappa shape index (κ3) is 5.42. The van der Waals surface area contributed by atoms with Crippen LogP contribution in [0.1, 0.15) is 43.7 Å². The molecule has 1 fully saturated rings. The van der Waals surface area contributed by atoms with Crippen molar-refractivity contribution in [1.29, 1.82) is 0 Å². The first-order valence-corrected chi connectivity index (χ1v) is 14.2. The van der Waals surface area contributed by atoms with Crippen LogP contribution in [0.25, 0.3) is 11.1 Å². The van der Waals surface area contributed by atoms with E-state index in [0.29, 0.717) is 11.1 Å². The third-order valence-electron chi connectivity index (χ3n) is 6.06. The first-order chi connectivity index (χ1) is 16.6. The van der Waals surface area contributed by atoms with Crippen LogP contribution < -0.4 is 0 Å². The van der Waals surface area contributed by atoms with Gasteiger partial charge in [-0.3, -0.25) is 0 Å². The summed E-state index contributed by atoms with van der Waals surface area (Å²) in [6, 6.07) is 7.06. The van der Waals surface area contributed by atoms with Gasteiger partial charge < -0.3 is 4.90 Å². The molecule has 2 aliphatic rings. The Labute approximate surface area is 206 Å². The van der Waals surface area contributed by atoms with Crippen LogP contribution in [0.3, 0.4) is 0 Å². The highest BCUT2D eigenvalue weighted by Gasteiger charge is 2.55. The standard InChI is InChI=1S/C15H8F6O4S2.C8H17N/c16-14(17,18)26(22,23)12-6-5-10-9-4-2-1-3-8(9)7-11(10)13(12)27(24,25)15(19,20)21;1-2-6-9-7-4-3-5-8-9/h1-6H,7H2;2-8H2,1H3. The largest absolute Gasteiger partial charge is 0.501 e. The van der Waals surface area contributed by atoms with E-state index in [4.69, 9.17) is 0 Å². The summed E-state index contributed by atoms with van der Waals surface area (Å²) < 4.78 is 126. The number of hydrogen-bond donors (Lipinski definition) is 0. The molecular weight excluding hydrogens is 532 g/mol. The normalized spacial score (nSPS) is 16.6. The average Bonchev–Trinajstić information content (AvgIpc) is 3.17. The van der Waals surface area contributed by atoms with Crippen LogP contribution in [0, 0.1) is 0 Å². The fraction of sp³-hybridized carbons (Fsp3) is 0.478. The van der Waals surface area contributed by atoms with Gasteiger partial charge in [-0.2, -0.15) is 26.3 Å². The van der Waals surface area contributed by atoms with Gasteiger partial charge in [-0.1, -0.05) is 43.7 Å². The number of benzene rings is 2. The molecular formula is C23H25F6NO4S2. The molecule has 0 spiro atoms. The van der Waals surface area contributed by atoms with Gasteiger partial charge in [0.2, 0.25) is 0 Å². The number of halogens is 6. The molecule has 2 aromatic rings. The predicted molar refractivity (Wildman–Crippen MR) is 122 cm³/mol. The smallest absolute Gasteiger partial charge is 0.303 e. The lowest BCUT2D eigenvalue weighted by atomic mass is 10.1. The second-order valence-corrected chi connectivity index (χ2v) is 12.3. The average molecular weight is 558 g/mol. The minimum atomic E-state index is -6.37. The lowest BCUT2D eigenvalue weighted by molar-refractivity contribution is -0.0456. The molecule has 0 radical (unpaired) electrons. The van der Waals surface area contributed by atoms with Gasteiger partial charge in [0.1, 0.15) is 0 Å². The van der Waals surface area contributed by atoms with E-state index in [1.807, 2.05) is 0 Å². The molecule has 5 nitrogen and oxygen atoms in total. The van der Waals surface area contributed by atoms with Gasteiger partial charge in [-0.15, -0.1) is 0 Å². The molecule has 0 amide bonds. The molecule has 1 heterocycles. The fourth-order valence-corrected chi connectivity index (χ4v) is 7.00. The zero-order chi connectivity index (χ0) is 26.9. The third-order valence-corrected chi connectivity index (χ3v) is 9.33. The molecule has 1 aliphatic carbocycles. The second-order valence-electron chi connectivity index (χ2n) is 8.55. The predicted octanol–water partition coefficient (Wildman–Crippen LogP) is 5.73. The summed E-state index contributed by atoms with van der Waals surface area (Å²) in [4.78, 5) is -1.23. The van der Waals surface area contributed by atoms with Gasteiger partial charge in [0.05, 0.1) is 9.79 Å². The molecule has 1 aliphatic heterocycles. The first kappa shape index (κ1) is 28.5. The molecule has 1 saturated heterocycles. The van der Waals surface area contributed by atoms with E-state index in [0.717, 1.165) is 6.07 Å². The highest BCUT2D eigenvalue weighted by Crippen LogP contribution is 2.47. The van der Waals surface area contributed by atoms with Crippen LogP contribution in [0.2, 0.25) is 0 Å². The summed E-state index contributed by atoms with van der Waals surface area (Å²) in [5.41, 5.74) is -11.9. The van der Waals surface area contributed by atoms with Crippen LogP contribution in [-0.2, 0) is 26.1 Å². The summed E-state index contributed by atoms with van der Waals surface area (Å²) in [5, 5.41) is 0. The summed E-state index contributed by atoms with van der Waals surface area (Å²) in [5.74, 6) is 0. The van der Waals surface area contributed by atoms with Crippen LogP contribution in [0.4, 0.5) is 26.3 Å². The van der Waals surface area contributed by atoms with Gasteiger partial charge in [-0.25, -0.2) is 16.8 Å². The Kier molecular flexibility index (Phi) is 8.16. The molecule has 13 heteroatoms. The maximum atomic E-state index is 13.1. The number of hydrogen-bond acceptors (Lipinski definition) is 5. The minimum absolute atomic E-state index is 0.0606. The molecule has 200 valence electrons. The van der Waals surface area contributed by atoms with Crippen LogP contribution in [0.5, 0.6) is 0 Å². The number of sulfone groups is 2. The fourth-order valence-electron chi connectivity index (χ4n) is 4.41. The molecule has 0 saturated carbocycles. The van der Waals surface area contributed by atoms with E-state index in [1.165, 1.54) is 69.6 Å². The van der Waals surface area contributed by atoms with Crippen LogP contribution in [-0.4, -0.2) is 52.4 Å². The number of piperidine rings is 1. The lowest BCUT2D eigenvalue weighted by Gasteiger charge is -2.25. The van der Waals surface area contributed by atoms with Gasteiger partial charge in [0.25, 0.3) is 19.7 Å².